The number of aromatic nitrogens is 1. The molecule has 0 saturated carbocycles. The molecule has 6 heteroatoms. The van der Waals surface area contributed by atoms with Gasteiger partial charge < -0.3 is 19.7 Å². The molecule has 3 rings (SSSR count). The number of benzene rings is 1. The van der Waals surface area contributed by atoms with Gasteiger partial charge in [0.25, 0.3) is 5.56 Å². The summed E-state index contributed by atoms with van der Waals surface area (Å²) in [5.74, 6) is 0. The van der Waals surface area contributed by atoms with Crippen LogP contribution < -0.4 is 10.9 Å². The molecule has 2 amide bonds. The van der Waals surface area contributed by atoms with Gasteiger partial charge in [-0.05, 0) is 23.7 Å². The van der Waals surface area contributed by atoms with E-state index >= 15 is 0 Å². The molecule has 1 aliphatic rings. The standard InChI is InChI=1S/C20H26N4O2/c1-2-22-11-13-23(14-12-22)20(26)21-15-17-6-8-18(9-7-17)16-24-10-4-3-5-19(24)25/h3-10H,2,11-16H2,1H3,(H,21,26). The van der Waals surface area contributed by atoms with E-state index in [-0.39, 0.29) is 11.6 Å². The maximum Gasteiger partial charge on any atom is 0.317 e. The van der Waals surface area contributed by atoms with E-state index in [4.69, 9.17) is 0 Å². The average Bonchev–Trinajstić information content (AvgIpc) is 2.69. The first-order valence-corrected chi connectivity index (χ1v) is 9.14. The summed E-state index contributed by atoms with van der Waals surface area (Å²) < 4.78 is 1.67. The number of carbonyl (C=O) groups excluding carboxylic acids is 1. The summed E-state index contributed by atoms with van der Waals surface area (Å²) in [7, 11) is 0. The van der Waals surface area contributed by atoms with Crippen molar-refractivity contribution < 1.29 is 4.79 Å². The van der Waals surface area contributed by atoms with Gasteiger partial charge in [0, 0.05) is 45.0 Å². The van der Waals surface area contributed by atoms with Crippen molar-refractivity contribution in [3.8, 4) is 0 Å². The van der Waals surface area contributed by atoms with Crippen LogP contribution in [0.5, 0.6) is 0 Å². The third-order valence-electron chi connectivity index (χ3n) is 4.83. The van der Waals surface area contributed by atoms with Crippen molar-refractivity contribution in [2.75, 3.05) is 32.7 Å². The monoisotopic (exact) mass is 354 g/mol. The number of nitrogens with zero attached hydrogens (tertiary/aromatic N) is 3. The van der Waals surface area contributed by atoms with Gasteiger partial charge in [0.2, 0.25) is 0 Å². The number of amides is 2. The van der Waals surface area contributed by atoms with Gasteiger partial charge in [-0.25, -0.2) is 4.79 Å². The fourth-order valence-corrected chi connectivity index (χ4v) is 3.11. The Balaban J connectivity index is 1.49. The number of rotatable bonds is 5. The molecule has 2 aromatic rings. The Labute approximate surface area is 154 Å². The Hall–Kier alpha value is -2.60. The van der Waals surface area contributed by atoms with E-state index in [0.29, 0.717) is 13.1 Å². The van der Waals surface area contributed by atoms with Crippen LogP contribution in [-0.2, 0) is 13.1 Å². The Morgan fingerprint density at radius 1 is 1.00 bits per heavy atom. The highest BCUT2D eigenvalue weighted by Crippen LogP contribution is 2.07. The summed E-state index contributed by atoms with van der Waals surface area (Å²) in [5, 5.41) is 2.99. The molecule has 2 heterocycles. The molecule has 1 aromatic heterocycles. The highest BCUT2D eigenvalue weighted by molar-refractivity contribution is 5.74. The Morgan fingerprint density at radius 2 is 1.69 bits per heavy atom. The summed E-state index contributed by atoms with van der Waals surface area (Å²) >= 11 is 0. The number of piperazine rings is 1. The molecule has 0 unspecified atom stereocenters. The number of urea groups is 1. The number of hydrogen-bond acceptors (Lipinski definition) is 3. The van der Waals surface area contributed by atoms with E-state index in [9.17, 15) is 9.59 Å². The van der Waals surface area contributed by atoms with Crippen LogP contribution in [0.1, 0.15) is 18.1 Å². The lowest BCUT2D eigenvalue weighted by Crippen LogP contribution is -2.51. The second kappa shape index (κ2) is 8.67. The van der Waals surface area contributed by atoms with E-state index in [0.717, 1.165) is 43.9 Å². The van der Waals surface area contributed by atoms with Gasteiger partial charge in [-0.3, -0.25) is 4.79 Å². The maximum atomic E-state index is 12.3. The van der Waals surface area contributed by atoms with Crippen LogP contribution >= 0.6 is 0 Å². The van der Waals surface area contributed by atoms with Gasteiger partial charge in [-0.1, -0.05) is 37.3 Å². The van der Waals surface area contributed by atoms with Gasteiger partial charge in [-0.15, -0.1) is 0 Å². The van der Waals surface area contributed by atoms with Crippen LogP contribution in [0, 0.1) is 0 Å². The van der Waals surface area contributed by atoms with Crippen LogP contribution in [0.4, 0.5) is 4.79 Å². The number of hydrogen-bond donors (Lipinski definition) is 1. The fraction of sp³-hybridized carbons (Fsp3) is 0.400. The van der Waals surface area contributed by atoms with Gasteiger partial charge in [0.05, 0.1) is 6.54 Å². The first-order chi connectivity index (χ1) is 12.7. The molecule has 0 atom stereocenters. The molecule has 0 bridgehead atoms. The smallest absolute Gasteiger partial charge is 0.317 e. The molecule has 1 aliphatic heterocycles. The van der Waals surface area contributed by atoms with Crippen molar-refractivity contribution >= 4 is 6.03 Å². The Bertz CT molecular complexity index is 777. The molecule has 26 heavy (non-hydrogen) atoms. The topological polar surface area (TPSA) is 57.6 Å². The average molecular weight is 354 g/mol. The molecule has 1 fully saturated rings. The number of carbonyl (C=O) groups is 1. The van der Waals surface area contributed by atoms with E-state index in [1.54, 1.807) is 22.9 Å². The van der Waals surface area contributed by atoms with E-state index < -0.39 is 0 Å². The number of nitrogens with one attached hydrogen (secondary N) is 1. The van der Waals surface area contributed by atoms with Gasteiger partial charge in [0.1, 0.15) is 0 Å². The lowest BCUT2D eigenvalue weighted by atomic mass is 10.1. The minimum Gasteiger partial charge on any atom is -0.334 e. The zero-order valence-electron chi connectivity index (χ0n) is 15.2. The predicted octanol–water partition coefficient (Wildman–Crippen LogP) is 1.74. The summed E-state index contributed by atoms with van der Waals surface area (Å²) in [6.07, 6.45) is 1.79. The Morgan fingerprint density at radius 3 is 2.35 bits per heavy atom. The normalized spacial score (nSPS) is 15.0. The van der Waals surface area contributed by atoms with Crippen LogP contribution in [0.25, 0.3) is 0 Å². The third-order valence-corrected chi connectivity index (χ3v) is 4.83. The quantitative estimate of drug-likeness (QED) is 0.890. The van der Waals surface area contributed by atoms with Gasteiger partial charge in [0.15, 0.2) is 0 Å². The molecule has 0 aliphatic carbocycles. The van der Waals surface area contributed by atoms with Crippen molar-refractivity contribution in [2.45, 2.75) is 20.0 Å². The minimum atomic E-state index is -0.00740. The van der Waals surface area contributed by atoms with Gasteiger partial charge in [-0.2, -0.15) is 0 Å². The van der Waals surface area contributed by atoms with Crippen LogP contribution in [-0.4, -0.2) is 53.1 Å². The van der Waals surface area contributed by atoms with Crippen molar-refractivity contribution in [1.29, 1.82) is 0 Å². The lowest BCUT2D eigenvalue weighted by molar-refractivity contribution is 0.142. The molecule has 0 spiro atoms. The minimum absolute atomic E-state index is 0.000618. The molecular weight excluding hydrogens is 328 g/mol. The van der Waals surface area contributed by atoms with E-state index in [2.05, 4.69) is 17.1 Å². The molecule has 0 radical (unpaired) electrons. The lowest BCUT2D eigenvalue weighted by Gasteiger charge is -2.34. The SMILES string of the molecule is CCN1CCN(C(=O)NCc2ccc(Cn3ccccc3=O)cc2)CC1. The highest BCUT2D eigenvalue weighted by Gasteiger charge is 2.19. The van der Waals surface area contributed by atoms with Gasteiger partial charge >= 0.3 is 6.03 Å². The molecule has 6 nitrogen and oxygen atoms in total. The largest absolute Gasteiger partial charge is 0.334 e. The van der Waals surface area contributed by atoms with Crippen LogP contribution in [0.15, 0.2) is 53.5 Å². The number of pyridine rings is 1. The first-order valence-electron chi connectivity index (χ1n) is 9.14. The summed E-state index contributed by atoms with van der Waals surface area (Å²) in [5.41, 5.74) is 2.10. The molecule has 1 N–H and O–H groups in total. The van der Waals surface area contributed by atoms with E-state index in [1.807, 2.05) is 35.2 Å². The second-order valence-electron chi connectivity index (χ2n) is 6.56. The van der Waals surface area contributed by atoms with Crippen molar-refractivity contribution in [1.82, 2.24) is 19.7 Å². The summed E-state index contributed by atoms with van der Waals surface area (Å²) in [4.78, 5) is 28.3. The predicted molar refractivity (Wildman–Crippen MR) is 102 cm³/mol. The van der Waals surface area contributed by atoms with Crippen molar-refractivity contribution in [3.63, 3.8) is 0 Å². The molecule has 1 saturated heterocycles. The summed E-state index contributed by atoms with van der Waals surface area (Å²) in [6.45, 7) is 7.70. The first kappa shape index (κ1) is 18.2. The van der Waals surface area contributed by atoms with Crippen molar-refractivity contribution in [3.05, 3.63) is 70.1 Å². The zero-order valence-corrected chi connectivity index (χ0v) is 15.2. The number of likely N-dealkylation sites (N-methyl/N-ethyl adjacent to an activating group) is 1. The van der Waals surface area contributed by atoms with Crippen LogP contribution in [0.3, 0.4) is 0 Å². The van der Waals surface area contributed by atoms with E-state index in [1.165, 1.54) is 0 Å². The molecular formula is C20H26N4O2. The van der Waals surface area contributed by atoms with Crippen molar-refractivity contribution in [2.24, 2.45) is 0 Å². The fourth-order valence-electron chi connectivity index (χ4n) is 3.11. The second-order valence-corrected chi connectivity index (χ2v) is 6.56. The molecule has 138 valence electrons. The zero-order chi connectivity index (χ0) is 18.4. The molecule has 1 aromatic carbocycles. The summed E-state index contributed by atoms with van der Waals surface area (Å²) in [6, 6.07) is 13.2. The highest BCUT2D eigenvalue weighted by atomic mass is 16.2. The third kappa shape index (κ3) is 4.73. The maximum absolute atomic E-state index is 12.3. The Kier molecular flexibility index (Phi) is 6.07. The van der Waals surface area contributed by atoms with Crippen LogP contribution in [0.2, 0.25) is 0 Å².